The Morgan fingerprint density at radius 3 is 2.47 bits per heavy atom. The van der Waals surface area contributed by atoms with Crippen LogP contribution in [0.2, 0.25) is 5.15 Å². The summed E-state index contributed by atoms with van der Waals surface area (Å²) < 4.78 is 16.1. The first-order chi connectivity index (χ1) is 16.6. The first kappa shape index (κ1) is 22.6. The molecule has 0 aliphatic carbocycles. The van der Waals surface area contributed by atoms with Crippen LogP contribution in [0.5, 0.6) is 11.5 Å². The molecule has 2 N–H and O–H groups in total. The standard InChI is InChI=1S/C23H22ClN5O4S/c1-34-19-20(24)27-21(28-22(19)29-8-10-31-11-9-29)14-2-4-15(5-3-14)25-23(30)26-16-6-7-17-18(12-16)33-13-32-17/h2-7,12H,8-11,13H2,1H3,(H2,25,26,30). The zero-order valence-corrected chi connectivity index (χ0v) is 19.9. The minimum atomic E-state index is -0.371. The number of aromatic nitrogens is 2. The number of hydrogen-bond donors (Lipinski definition) is 2. The number of amides is 2. The van der Waals surface area contributed by atoms with E-state index in [4.69, 9.17) is 30.8 Å². The number of carbonyl (C=O) groups is 1. The zero-order chi connectivity index (χ0) is 23.5. The lowest BCUT2D eigenvalue weighted by Gasteiger charge is -2.29. The van der Waals surface area contributed by atoms with Crippen LogP contribution in [0.25, 0.3) is 11.4 Å². The normalized spacial score (nSPS) is 14.7. The summed E-state index contributed by atoms with van der Waals surface area (Å²) in [5, 5.41) is 6.02. The number of thioether (sulfide) groups is 1. The van der Waals surface area contributed by atoms with Gasteiger partial charge < -0.3 is 29.7 Å². The number of fused-ring (bicyclic) bond motifs is 1. The van der Waals surface area contributed by atoms with Gasteiger partial charge in [0.25, 0.3) is 0 Å². The highest BCUT2D eigenvalue weighted by atomic mass is 35.5. The van der Waals surface area contributed by atoms with E-state index in [9.17, 15) is 4.79 Å². The molecule has 3 aromatic rings. The van der Waals surface area contributed by atoms with E-state index in [1.807, 2.05) is 18.4 Å². The quantitative estimate of drug-likeness (QED) is 0.384. The van der Waals surface area contributed by atoms with E-state index in [-0.39, 0.29) is 12.8 Å². The average molecular weight is 500 g/mol. The van der Waals surface area contributed by atoms with Crippen LogP contribution in [-0.2, 0) is 4.74 Å². The van der Waals surface area contributed by atoms with Gasteiger partial charge in [0.15, 0.2) is 17.3 Å². The SMILES string of the molecule is CSc1c(Cl)nc(-c2ccc(NC(=O)Nc3ccc4c(c3)OCO4)cc2)nc1N1CCOCC1. The van der Waals surface area contributed by atoms with Crippen molar-refractivity contribution in [2.24, 2.45) is 0 Å². The van der Waals surface area contributed by atoms with Crippen LogP contribution in [0.4, 0.5) is 22.0 Å². The van der Waals surface area contributed by atoms with Gasteiger partial charge in [-0.2, -0.15) is 0 Å². The lowest BCUT2D eigenvalue weighted by atomic mass is 10.2. The minimum absolute atomic E-state index is 0.181. The highest BCUT2D eigenvalue weighted by molar-refractivity contribution is 7.98. The molecule has 3 heterocycles. The van der Waals surface area contributed by atoms with Crippen molar-refractivity contribution in [2.45, 2.75) is 4.90 Å². The van der Waals surface area contributed by atoms with Crippen LogP contribution >= 0.6 is 23.4 Å². The number of benzene rings is 2. The van der Waals surface area contributed by atoms with Crippen LogP contribution in [-0.4, -0.2) is 55.4 Å². The first-order valence-electron chi connectivity index (χ1n) is 10.6. The van der Waals surface area contributed by atoms with Gasteiger partial charge in [-0.3, -0.25) is 0 Å². The van der Waals surface area contributed by atoms with Gasteiger partial charge in [-0.05, 0) is 42.7 Å². The van der Waals surface area contributed by atoms with Gasteiger partial charge in [-0.1, -0.05) is 11.6 Å². The van der Waals surface area contributed by atoms with Crippen molar-refractivity contribution in [3.63, 3.8) is 0 Å². The molecule has 1 fully saturated rings. The average Bonchev–Trinajstić information content (AvgIpc) is 3.32. The maximum atomic E-state index is 12.4. The van der Waals surface area contributed by atoms with Crippen molar-refractivity contribution >= 4 is 46.6 Å². The van der Waals surface area contributed by atoms with Crippen molar-refractivity contribution in [3.8, 4) is 22.9 Å². The number of nitrogens with zero attached hydrogens (tertiary/aromatic N) is 3. The molecule has 2 aliphatic rings. The van der Waals surface area contributed by atoms with Crippen molar-refractivity contribution < 1.29 is 19.0 Å². The molecular weight excluding hydrogens is 478 g/mol. The fourth-order valence-electron chi connectivity index (χ4n) is 3.68. The van der Waals surface area contributed by atoms with Crippen LogP contribution in [0, 0.1) is 0 Å². The maximum Gasteiger partial charge on any atom is 0.323 e. The second kappa shape index (κ2) is 9.96. The van der Waals surface area contributed by atoms with Gasteiger partial charge in [0.05, 0.1) is 18.1 Å². The molecule has 0 saturated carbocycles. The van der Waals surface area contributed by atoms with Crippen molar-refractivity contribution in [3.05, 3.63) is 47.6 Å². The summed E-state index contributed by atoms with van der Waals surface area (Å²) in [5.41, 5.74) is 2.03. The second-order valence-electron chi connectivity index (χ2n) is 7.52. The fourth-order valence-corrected chi connectivity index (χ4v) is 4.64. The molecule has 1 aromatic heterocycles. The number of rotatable bonds is 5. The van der Waals surface area contributed by atoms with E-state index in [1.165, 1.54) is 11.8 Å². The first-order valence-corrected chi connectivity index (χ1v) is 12.2. The molecule has 5 rings (SSSR count). The number of urea groups is 1. The van der Waals surface area contributed by atoms with E-state index < -0.39 is 0 Å². The number of morpholine rings is 1. The summed E-state index contributed by atoms with van der Waals surface area (Å²) in [5.74, 6) is 2.60. The van der Waals surface area contributed by atoms with Gasteiger partial charge in [-0.15, -0.1) is 11.8 Å². The van der Waals surface area contributed by atoms with Gasteiger partial charge >= 0.3 is 6.03 Å². The third-order valence-corrected chi connectivity index (χ3v) is 6.52. The number of ether oxygens (including phenoxy) is 3. The van der Waals surface area contributed by atoms with E-state index in [0.29, 0.717) is 47.1 Å². The third kappa shape index (κ3) is 4.84. The number of halogens is 1. The van der Waals surface area contributed by atoms with Gasteiger partial charge in [0, 0.05) is 36.1 Å². The summed E-state index contributed by atoms with van der Waals surface area (Å²) in [6.45, 7) is 2.99. The molecule has 0 atom stereocenters. The second-order valence-corrected chi connectivity index (χ2v) is 8.69. The van der Waals surface area contributed by atoms with Gasteiger partial charge in [-0.25, -0.2) is 14.8 Å². The minimum Gasteiger partial charge on any atom is -0.454 e. The Labute approximate surface area is 205 Å². The summed E-state index contributed by atoms with van der Waals surface area (Å²) in [4.78, 5) is 24.7. The molecule has 2 amide bonds. The van der Waals surface area contributed by atoms with Crippen LogP contribution in [0.15, 0.2) is 47.4 Å². The van der Waals surface area contributed by atoms with E-state index >= 15 is 0 Å². The lowest BCUT2D eigenvalue weighted by molar-refractivity contribution is 0.122. The molecule has 34 heavy (non-hydrogen) atoms. The number of carbonyl (C=O) groups excluding carboxylic acids is 1. The Morgan fingerprint density at radius 1 is 1.00 bits per heavy atom. The number of anilines is 3. The fraction of sp³-hybridized carbons (Fsp3) is 0.261. The highest BCUT2D eigenvalue weighted by Gasteiger charge is 2.21. The van der Waals surface area contributed by atoms with Gasteiger partial charge in [0.1, 0.15) is 11.0 Å². The van der Waals surface area contributed by atoms with Crippen LogP contribution in [0.1, 0.15) is 0 Å². The Hall–Kier alpha value is -3.21. The molecular formula is C23H22ClN5O4S. The van der Waals surface area contributed by atoms with Crippen molar-refractivity contribution in [1.82, 2.24) is 9.97 Å². The third-order valence-electron chi connectivity index (χ3n) is 5.35. The molecule has 1 saturated heterocycles. The highest BCUT2D eigenvalue weighted by Crippen LogP contribution is 2.36. The Balaban J connectivity index is 1.30. The summed E-state index contributed by atoms with van der Waals surface area (Å²) in [6.07, 6.45) is 1.96. The molecule has 0 unspecified atom stereocenters. The van der Waals surface area contributed by atoms with E-state index in [0.717, 1.165) is 29.4 Å². The lowest BCUT2D eigenvalue weighted by Crippen LogP contribution is -2.37. The van der Waals surface area contributed by atoms with Crippen molar-refractivity contribution in [2.75, 3.05) is 54.9 Å². The molecule has 2 aromatic carbocycles. The van der Waals surface area contributed by atoms with E-state index in [1.54, 1.807) is 30.3 Å². The largest absolute Gasteiger partial charge is 0.454 e. The summed E-state index contributed by atoms with van der Waals surface area (Å²) >= 11 is 8.03. The molecule has 0 spiro atoms. The van der Waals surface area contributed by atoms with Crippen molar-refractivity contribution in [1.29, 1.82) is 0 Å². The molecule has 0 bridgehead atoms. The molecule has 2 aliphatic heterocycles. The number of nitrogens with one attached hydrogen (secondary N) is 2. The predicted molar refractivity (Wildman–Crippen MR) is 132 cm³/mol. The Morgan fingerprint density at radius 2 is 1.71 bits per heavy atom. The smallest absolute Gasteiger partial charge is 0.323 e. The molecule has 176 valence electrons. The Bertz CT molecular complexity index is 1200. The molecule has 0 radical (unpaired) electrons. The monoisotopic (exact) mass is 499 g/mol. The molecule has 11 heteroatoms. The van der Waals surface area contributed by atoms with Crippen LogP contribution in [0.3, 0.4) is 0 Å². The zero-order valence-electron chi connectivity index (χ0n) is 18.3. The summed E-state index contributed by atoms with van der Waals surface area (Å²) in [7, 11) is 0. The Kier molecular flexibility index (Phi) is 6.61. The molecule has 9 nitrogen and oxygen atoms in total. The maximum absolute atomic E-state index is 12.4. The topological polar surface area (TPSA) is 97.8 Å². The summed E-state index contributed by atoms with van der Waals surface area (Å²) in [6, 6.07) is 12.1. The van der Waals surface area contributed by atoms with Gasteiger partial charge in [0.2, 0.25) is 6.79 Å². The predicted octanol–water partition coefficient (Wildman–Crippen LogP) is 4.73. The van der Waals surface area contributed by atoms with Crippen LogP contribution < -0.4 is 25.0 Å². The van der Waals surface area contributed by atoms with E-state index in [2.05, 4.69) is 20.5 Å². The number of hydrogen-bond acceptors (Lipinski definition) is 8.